The van der Waals surface area contributed by atoms with Gasteiger partial charge in [-0.05, 0) is 216 Å². The van der Waals surface area contributed by atoms with Crippen LogP contribution in [0.15, 0.2) is 213 Å². The summed E-state index contributed by atoms with van der Waals surface area (Å²) < 4.78 is 127. The summed E-state index contributed by atoms with van der Waals surface area (Å²) in [5.74, 6) is -1.56. The van der Waals surface area contributed by atoms with Crippen LogP contribution in [0, 0.1) is 0 Å². The number of alkyl halides is 10. The molecule has 5 amide bonds. The number of carbonyl (C=O) groups excluding carboxylic acids is 6. The van der Waals surface area contributed by atoms with Crippen LogP contribution in [0.1, 0.15) is 157 Å². The van der Waals surface area contributed by atoms with Gasteiger partial charge in [-0.25, -0.2) is 14.0 Å². The van der Waals surface area contributed by atoms with Crippen LogP contribution in [-0.4, -0.2) is 136 Å². The molecule has 3 aliphatic heterocycles. The monoisotopic (exact) mass is 1760 g/mol. The fourth-order valence-corrected chi connectivity index (χ4v) is 14.7. The van der Waals surface area contributed by atoms with Gasteiger partial charge in [-0.3, -0.25) is 28.8 Å². The first-order valence-electron chi connectivity index (χ1n) is 40.1. The summed E-state index contributed by atoms with van der Waals surface area (Å²) in [4.78, 5) is 87.6. The van der Waals surface area contributed by atoms with Gasteiger partial charge in [0.1, 0.15) is 5.78 Å². The number of hydrogen-bond donors (Lipinski definition) is 6. The molecule has 6 heterocycles. The van der Waals surface area contributed by atoms with Crippen LogP contribution < -0.4 is 47.0 Å². The maximum Gasteiger partial charge on any atom is 0.416 e. The smallest absolute Gasteiger partial charge is 0.398 e. The number of rotatable bonds is 26. The number of carbonyl (C=O) groups is 6. The molecule has 0 aliphatic carbocycles. The number of ketones is 1. The molecule has 7 N–H and O–H groups in total. The van der Waals surface area contributed by atoms with Gasteiger partial charge < -0.3 is 56.7 Å². The number of aromatic nitrogens is 6. The lowest BCUT2D eigenvalue weighted by Crippen LogP contribution is -2.29. The number of Topliss-reactive ketones (excluding diaryl/α,β-unsaturated/α-hetero) is 1. The highest BCUT2D eigenvalue weighted by atomic mass is 79.9. The Balaban J connectivity index is 0.000000173. The SMILES string of the molecule is COCCCC(=O)CCN(C)Cc1cccc(C(=O)Nc2ccc(N3CCCCC3)cc2C(=O)Nc2ccn(-c3cccc(C(F)(F)F)c3)n2)c1.Nc1ccc(N2CCCCC2)cc1C(=O)Nc1ccn(-c2cccc(C(F)(F)F)c2)n1.O=C(Nc1ccc(N2CCCCC2)cc1C(=O)Nc1ccn(-c2cccc(C(F)(F)F)c2)n1)c1cccc(CBr)c1. The molecule has 0 radical (unpaired) electrons. The number of nitrogens with two attached hydrogens (primary N) is 1. The average Bonchev–Trinajstić information content (AvgIpc) is 1.38. The number of amides is 5. The van der Waals surface area contributed by atoms with E-state index in [4.69, 9.17) is 10.5 Å². The second-order valence-electron chi connectivity index (χ2n) is 29.9. The number of halogens is 10. The first-order valence-corrected chi connectivity index (χ1v) is 41.3. The second-order valence-corrected chi connectivity index (χ2v) is 30.4. The van der Waals surface area contributed by atoms with Gasteiger partial charge in [-0.2, -0.15) is 54.8 Å². The van der Waals surface area contributed by atoms with Gasteiger partial charge in [0, 0.05) is 155 Å². The van der Waals surface area contributed by atoms with Crippen LogP contribution in [0.4, 0.5) is 91.1 Å². The molecular formula is C90H92BrF9N16O7. The normalized spacial score (nSPS) is 13.7. The van der Waals surface area contributed by atoms with E-state index in [0.717, 1.165) is 155 Å². The van der Waals surface area contributed by atoms with E-state index in [1.54, 1.807) is 79.9 Å². The standard InChI is InChI=1S/C38H43F3N6O4.C30H27BrF3N5O2.C22H22F3N5O/c1-45(20-16-32(48)13-8-22-51-2)26-27-9-6-10-28(23-27)36(49)42-34-15-14-30(46-18-4-3-5-19-46)25-33(34)37(50)43-35-17-21-47(44-35)31-12-7-11-29(24-31)38(39,40)41;31-19-20-6-4-7-21(16-20)28(40)35-26-11-10-23(38-13-2-1-3-14-38)18-25(26)29(41)36-27-12-15-39(37-27)24-9-5-8-22(17-24)30(32,33)34;23-22(24,25)15-5-4-6-17(13-15)30-12-9-20(28-30)27-21(31)18-14-16(7-8-19(18)26)29-10-2-1-3-11-29/h6-7,9-12,14-15,17,21,23-25H,3-5,8,13,16,18-20,22,26H2,1-2H3,(H,42,49)(H,43,44,50);4-12,15-18H,1-3,13-14,19H2,(H,35,40)(H,36,37,41);4-9,12-14H,1-3,10-11,26H2,(H,27,28,31). The zero-order chi connectivity index (χ0) is 87.4. The van der Waals surface area contributed by atoms with Gasteiger partial charge in [0.15, 0.2) is 17.5 Å². The summed E-state index contributed by atoms with van der Waals surface area (Å²) in [7, 11) is 3.54. The number of hydrogen-bond acceptors (Lipinski definition) is 15. The van der Waals surface area contributed by atoms with E-state index < -0.39 is 58.8 Å². The number of nitrogen functional groups attached to an aromatic ring is 1. The number of anilines is 9. The molecule has 14 rings (SSSR count). The third-order valence-electron chi connectivity index (χ3n) is 20.8. The molecule has 0 atom stereocenters. The minimum atomic E-state index is -4.51. The molecule has 123 heavy (non-hydrogen) atoms. The topological polar surface area (TPSA) is 264 Å². The number of benzene rings is 8. The maximum absolute atomic E-state index is 13.8. The van der Waals surface area contributed by atoms with E-state index in [1.807, 2.05) is 42.3 Å². The minimum absolute atomic E-state index is 0.131. The molecule has 11 aromatic rings. The molecule has 33 heteroatoms. The van der Waals surface area contributed by atoms with Gasteiger partial charge in [0.2, 0.25) is 0 Å². The summed E-state index contributed by atoms with van der Waals surface area (Å²) in [6.07, 6.45) is 2.46. The molecular weight excluding hydrogens is 1670 g/mol. The van der Waals surface area contributed by atoms with Gasteiger partial charge >= 0.3 is 18.5 Å². The molecule has 3 saturated heterocycles. The van der Waals surface area contributed by atoms with E-state index in [2.05, 4.69) is 72.5 Å². The van der Waals surface area contributed by atoms with Crippen molar-refractivity contribution in [3.05, 3.63) is 268 Å². The minimum Gasteiger partial charge on any atom is -0.398 e. The largest absolute Gasteiger partial charge is 0.416 e. The number of nitrogens with one attached hydrogen (secondary N) is 5. The Morgan fingerprint density at radius 1 is 0.415 bits per heavy atom. The van der Waals surface area contributed by atoms with Crippen molar-refractivity contribution in [2.75, 3.05) is 114 Å². The predicted molar refractivity (Wildman–Crippen MR) is 460 cm³/mol. The molecule has 0 spiro atoms. The molecule has 644 valence electrons. The van der Waals surface area contributed by atoms with Crippen molar-refractivity contribution in [2.45, 2.75) is 107 Å². The van der Waals surface area contributed by atoms with Crippen molar-refractivity contribution >= 4 is 103 Å². The summed E-state index contributed by atoms with van der Waals surface area (Å²) in [6.45, 7) is 6.98. The molecule has 23 nitrogen and oxygen atoms in total. The van der Waals surface area contributed by atoms with Crippen LogP contribution in [0.5, 0.6) is 0 Å². The van der Waals surface area contributed by atoms with Crippen LogP contribution in [0.2, 0.25) is 0 Å². The lowest BCUT2D eigenvalue weighted by molar-refractivity contribution is -0.138. The highest BCUT2D eigenvalue weighted by molar-refractivity contribution is 9.08. The number of piperidine rings is 3. The summed E-state index contributed by atoms with van der Waals surface area (Å²) in [5.41, 5.74) is 11.3. The van der Waals surface area contributed by atoms with Gasteiger partial charge in [-0.15, -0.1) is 0 Å². The van der Waals surface area contributed by atoms with Crippen LogP contribution in [0.25, 0.3) is 17.1 Å². The Bertz CT molecular complexity index is 5520. The van der Waals surface area contributed by atoms with E-state index in [-0.39, 0.29) is 57.3 Å². The van der Waals surface area contributed by atoms with E-state index in [1.165, 1.54) is 93.7 Å². The fourth-order valence-electron chi connectivity index (χ4n) is 14.3. The zero-order valence-electron chi connectivity index (χ0n) is 67.5. The molecule has 0 saturated carbocycles. The Morgan fingerprint density at radius 3 is 1.17 bits per heavy atom. The molecule has 3 fully saturated rings. The highest BCUT2D eigenvalue weighted by Crippen LogP contribution is 2.36. The van der Waals surface area contributed by atoms with Crippen LogP contribution in [-0.2, 0) is 39.9 Å². The Kier molecular flexibility index (Phi) is 30.1. The van der Waals surface area contributed by atoms with Crippen molar-refractivity contribution in [3.63, 3.8) is 0 Å². The Labute approximate surface area is 712 Å². The average molecular weight is 1760 g/mol. The molecule has 8 aromatic carbocycles. The number of methoxy groups -OCH3 is 1. The zero-order valence-corrected chi connectivity index (χ0v) is 69.0. The first kappa shape index (κ1) is 89.6. The number of nitrogens with zero attached hydrogens (tertiary/aromatic N) is 10. The van der Waals surface area contributed by atoms with Crippen LogP contribution in [0.3, 0.4) is 0 Å². The molecule has 0 bridgehead atoms. The molecule has 3 aliphatic rings. The lowest BCUT2D eigenvalue weighted by Gasteiger charge is -2.29. The lowest BCUT2D eigenvalue weighted by atomic mass is 10.1. The van der Waals surface area contributed by atoms with Crippen molar-refractivity contribution in [1.82, 2.24) is 34.2 Å². The third-order valence-corrected chi connectivity index (χ3v) is 21.5. The molecule has 0 unspecified atom stereocenters. The van der Waals surface area contributed by atoms with E-state index in [9.17, 15) is 68.3 Å². The van der Waals surface area contributed by atoms with Gasteiger partial charge in [0.25, 0.3) is 29.5 Å². The Morgan fingerprint density at radius 2 is 0.780 bits per heavy atom. The third kappa shape index (κ3) is 24.8. The van der Waals surface area contributed by atoms with Crippen LogP contribution >= 0.6 is 15.9 Å². The second kappa shape index (κ2) is 41.3. The summed E-state index contributed by atoms with van der Waals surface area (Å²) >= 11 is 3.40. The quantitative estimate of drug-likeness (QED) is 0.0127. The maximum atomic E-state index is 13.8. The Hall–Kier alpha value is -12.6. The highest BCUT2D eigenvalue weighted by Gasteiger charge is 2.34. The van der Waals surface area contributed by atoms with E-state index in [0.29, 0.717) is 78.0 Å². The predicted octanol–water partition coefficient (Wildman–Crippen LogP) is 19.2. The van der Waals surface area contributed by atoms with Gasteiger partial charge in [0.05, 0.1) is 61.8 Å². The fraction of sp³-hybridized carbons (Fsp3) is 0.300. The summed E-state index contributed by atoms with van der Waals surface area (Å²) in [5, 5.41) is 27.2. The van der Waals surface area contributed by atoms with Crippen molar-refractivity contribution in [3.8, 4) is 17.1 Å². The number of ether oxygens (including phenoxy) is 1. The van der Waals surface area contributed by atoms with Crippen molar-refractivity contribution in [2.24, 2.45) is 0 Å². The van der Waals surface area contributed by atoms with Gasteiger partial charge in [-0.1, -0.05) is 58.4 Å². The van der Waals surface area contributed by atoms with E-state index >= 15 is 0 Å². The van der Waals surface area contributed by atoms with Crippen molar-refractivity contribution < 1.29 is 73.0 Å². The molecule has 3 aromatic heterocycles. The van der Waals surface area contributed by atoms with Crippen molar-refractivity contribution in [1.29, 1.82) is 0 Å². The summed E-state index contributed by atoms with van der Waals surface area (Å²) in [6, 6.07) is 49.2. The first-order chi connectivity index (χ1) is 59.0.